The lowest BCUT2D eigenvalue weighted by Crippen LogP contribution is -2.44. The van der Waals surface area contributed by atoms with Gasteiger partial charge in [-0.2, -0.15) is 0 Å². The largest absolute Gasteiger partial charge is 0.493 e. The Balaban J connectivity index is 1.16. The van der Waals surface area contributed by atoms with Gasteiger partial charge in [0.15, 0.2) is 5.96 Å². The first-order valence-corrected chi connectivity index (χ1v) is 11.2. The summed E-state index contributed by atoms with van der Waals surface area (Å²) in [5.41, 5.74) is 2.29. The van der Waals surface area contributed by atoms with Gasteiger partial charge in [0.05, 0.1) is 18.4 Å². The summed E-state index contributed by atoms with van der Waals surface area (Å²) < 4.78 is 5.93. The number of rotatable bonds is 8. The van der Waals surface area contributed by atoms with E-state index in [1.165, 1.54) is 4.90 Å². The predicted molar refractivity (Wildman–Crippen MR) is 120 cm³/mol. The van der Waals surface area contributed by atoms with Gasteiger partial charge in [0.2, 0.25) is 11.8 Å². The number of hydrogen-bond acceptors (Lipinski definition) is 4. The van der Waals surface area contributed by atoms with Crippen LogP contribution < -0.4 is 15.4 Å². The molecule has 2 aliphatic carbocycles. The first-order valence-electron chi connectivity index (χ1n) is 11.2. The topological polar surface area (TPSA) is 83.0 Å². The molecule has 31 heavy (non-hydrogen) atoms. The number of para-hydroxylation sites is 1. The van der Waals surface area contributed by atoms with Crippen molar-refractivity contribution in [2.24, 2.45) is 28.7 Å². The molecule has 1 saturated carbocycles. The Labute approximate surface area is 183 Å². The molecule has 7 nitrogen and oxygen atoms in total. The Kier molecular flexibility index (Phi) is 6.30. The molecule has 1 aliphatic heterocycles. The maximum Gasteiger partial charge on any atom is 0.233 e. The average Bonchev–Trinajstić information content (AvgIpc) is 3.43. The normalized spacial score (nSPS) is 26.5. The average molecular weight is 425 g/mol. The zero-order valence-corrected chi connectivity index (χ0v) is 18.6. The van der Waals surface area contributed by atoms with Crippen LogP contribution in [-0.4, -0.2) is 56.0 Å². The van der Waals surface area contributed by atoms with Crippen LogP contribution in [0.15, 0.2) is 35.3 Å². The molecule has 1 heterocycles. The van der Waals surface area contributed by atoms with E-state index in [9.17, 15) is 9.59 Å². The van der Waals surface area contributed by atoms with Crippen molar-refractivity contribution >= 4 is 17.8 Å². The van der Waals surface area contributed by atoms with Crippen LogP contribution in [0.4, 0.5) is 0 Å². The number of benzene rings is 1. The lowest BCUT2D eigenvalue weighted by atomic mass is 9.85. The molecule has 3 aliphatic rings. The van der Waals surface area contributed by atoms with Crippen LogP contribution in [0, 0.1) is 37.5 Å². The minimum Gasteiger partial charge on any atom is -0.493 e. The number of aryl methyl sites for hydroxylation is 2. The molecule has 0 aromatic heterocycles. The monoisotopic (exact) mass is 424 g/mol. The molecule has 0 radical (unpaired) electrons. The Morgan fingerprint density at radius 1 is 1.06 bits per heavy atom. The molecular weight excluding hydrogens is 392 g/mol. The van der Waals surface area contributed by atoms with E-state index in [0.29, 0.717) is 32.2 Å². The summed E-state index contributed by atoms with van der Waals surface area (Å²) in [5.74, 6) is 1.87. The number of likely N-dealkylation sites (tertiary alicyclic amines) is 1. The molecule has 1 aromatic rings. The second-order valence-electron chi connectivity index (χ2n) is 8.68. The Bertz CT molecular complexity index is 860. The highest BCUT2D eigenvalue weighted by Gasteiger charge is 2.58. The molecule has 2 amide bonds. The highest BCUT2D eigenvalue weighted by atomic mass is 16.5. The maximum atomic E-state index is 12.7. The van der Waals surface area contributed by atoms with Crippen molar-refractivity contribution in [2.45, 2.75) is 26.7 Å². The van der Waals surface area contributed by atoms with Gasteiger partial charge in [-0.1, -0.05) is 30.4 Å². The third-order valence-corrected chi connectivity index (χ3v) is 6.68. The van der Waals surface area contributed by atoms with Crippen molar-refractivity contribution in [1.82, 2.24) is 15.5 Å². The van der Waals surface area contributed by atoms with Crippen molar-refractivity contribution < 1.29 is 14.3 Å². The van der Waals surface area contributed by atoms with E-state index in [4.69, 9.17) is 4.74 Å². The first kappa shape index (κ1) is 21.4. The molecule has 2 N–H and O–H groups in total. The van der Waals surface area contributed by atoms with Crippen molar-refractivity contribution in [3.8, 4) is 5.75 Å². The number of nitrogens with one attached hydrogen (secondary N) is 2. The number of nitrogens with zero attached hydrogens (tertiary/aromatic N) is 2. The van der Waals surface area contributed by atoms with Crippen LogP contribution in [0.25, 0.3) is 0 Å². The second kappa shape index (κ2) is 9.12. The van der Waals surface area contributed by atoms with Gasteiger partial charge in [-0.3, -0.25) is 19.5 Å². The molecule has 4 rings (SSSR count). The quantitative estimate of drug-likeness (QED) is 0.219. The summed E-state index contributed by atoms with van der Waals surface area (Å²) in [6.07, 6.45) is 6.03. The molecule has 1 saturated heterocycles. The van der Waals surface area contributed by atoms with E-state index < -0.39 is 0 Å². The van der Waals surface area contributed by atoms with Crippen LogP contribution in [-0.2, 0) is 9.59 Å². The summed E-state index contributed by atoms with van der Waals surface area (Å²) in [7, 11) is 1.71. The lowest BCUT2D eigenvalue weighted by Gasteiger charge is -2.18. The van der Waals surface area contributed by atoms with Crippen LogP contribution in [0.5, 0.6) is 5.75 Å². The van der Waals surface area contributed by atoms with Crippen molar-refractivity contribution in [2.75, 3.05) is 33.3 Å². The number of hydrogen-bond donors (Lipinski definition) is 2. The van der Waals surface area contributed by atoms with Crippen LogP contribution in [0.2, 0.25) is 0 Å². The highest BCUT2D eigenvalue weighted by Crippen LogP contribution is 2.52. The van der Waals surface area contributed by atoms with Crippen molar-refractivity contribution in [3.05, 3.63) is 41.5 Å². The van der Waals surface area contributed by atoms with Crippen LogP contribution >= 0.6 is 0 Å². The van der Waals surface area contributed by atoms with Gasteiger partial charge in [0, 0.05) is 26.7 Å². The molecule has 166 valence electrons. The number of allylic oxidation sites excluding steroid dienone is 2. The molecule has 4 unspecified atom stereocenters. The summed E-state index contributed by atoms with van der Waals surface area (Å²) in [6, 6.07) is 6.14. The van der Waals surface area contributed by atoms with Crippen LogP contribution in [0.3, 0.4) is 0 Å². The Morgan fingerprint density at radius 3 is 2.29 bits per heavy atom. The van der Waals surface area contributed by atoms with Gasteiger partial charge in [-0.05, 0) is 49.7 Å². The van der Waals surface area contributed by atoms with Crippen molar-refractivity contribution in [3.63, 3.8) is 0 Å². The number of ether oxygens (including phenoxy) is 1. The molecule has 1 aromatic carbocycles. The zero-order valence-electron chi connectivity index (χ0n) is 18.6. The van der Waals surface area contributed by atoms with E-state index in [1.807, 2.05) is 6.07 Å². The molecule has 7 heteroatoms. The van der Waals surface area contributed by atoms with E-state index in [1.54, 1.807) is 7.05 Å². The molecule has 4 atom stereocenters. The van der Waals surface area contributed by atoms with Crippen LogP contribution in [0.1, 0.15) is 24.0 Å². The van der Waals surface area contributed by atoms with Gasteiger partial charge < -0.3 is 15.4 Å². The van der Waals surface area contributed by atoms with Gasteiger partial charge in [-0.15, -0.1) is 0 Å². The SMILES string of the molecule is CN=C(NCCCOc1c(C)cccc1C)NCCN1C(=O)C2C3C=CC(C3)C2C1=O. The first-order chi connectivity index (χ1) is 15.0. The third-order valence-electron chi connectivity index (χ3n) is 6.68. The Hall–Kier alpha value is -2.83. The Morgan fingerprint density at radius 2 is 1.68 bits per heavy atom. The fourth-order valence-corrected chi connectivity index (χ4v) is 5.17. The van der Waals surface area contributed by atoms with Gasteiger partial charge in [-0.25, -0.2) is 0 Å². The molecule has 2 bridgehead atoms. The number of amides is 2. The minimum absolute atomic E-state index is 0.000226. The third kappa shape index (κ3) is 4.18. The van der Waals surface area contributed by atoms with E-state index >= 15 is 0 Å². The van der Waals surface area contributed by atoms with E-state index in [-0.39, 0.29) is 35.5 Å². The lowest BCUT2D eigenvalue weighted by molar-refractivity contribution is -0.140. The number of guanidine groups is 1. The predicted octanol–water partition coefficient (Wildman–Crippen LogP) is 2.04. The fourth-order valence-electron chi connectivity index (χ4n) is 5.17. The van der Waals surface area contributed by atoms with Gasteiger partial charge >= 0.3 is 0 Å². The second-order valence-corrected chi connectivity index (χ2v) is 8.68. The fraction of sp³-hybridized carbons (Fsp3) is 0.542. The summed E-state index contributed by atoms with van der Waals surface area (Å²) in [4.78, 5) is 31.1. The molecule has 0 spiro atoms. The number of carbonyl (C=O) groups is 2. The van der Waals surface area contributed by atoms with Gasteiger partial charge in [0.25, 0.3) is 0 Å². The number of imide groups is 1. The van der Waals surface area contributed by atoms with Gasteiger partial charge in [0.1, 0.15) is 5.75 Å². The maximum absolute atomic E-state index is 12.7. The summed E-state index contributed by atoms with van der Waals surface area (Å²) in [6.45, 7) is 6.29. The number of fused-ring (bicyclic) bond motifs is 5. The van der Waals surface area contributed by atoms with Crippen molar-refractivity contribution in [1.29, 1.82) is 0 Å². The standard InChI is InChI=1S/C24H32N4O3/c1-15-6-4-7-16(2)21(15)31-13-5-10-26-24(25-3)27-11-12-28-22(29)19-17-8-9-18(14-17)20(19)23(28)30/h4,6-9,17-20H,5,10-14H2,1-3H3,(H2,25,26,27). The minimum atomic E-state index is -0.128. The zero-order chi connectivity index (χ0) is 22.0. The summed E-state index contributed by atoms with van der Waals surface area (Å²) >= 11 is 0. The smallest absolute Gasteiger partial charge is 0.233 e. The van der Waals surface area contributed by atoms with E-state index in [0.717, 1.165) is 29.7 Å². The number of aliphatic imine (C=N–C) groups is 1. The van der Waals surface area contributed by atoms with E-state index in [2.05, 4.69) is 53.8 Å². The highest BCUT2D eigenvalue weighted by molar-refractivity contribution is 6.06. The molecule has 2 fully saturated rings. The number of carbonyl (C=O) groups excluding carboxylic acids is 2. The molecular formula is C24H32N4O3. The summed E-state index contributed by atoms with van der Waals surface area (Å²) in [5, 5.41) is 6.46.